The quantitative estimate of drug-likeness (QED) is 0.649. The van der Waals surface area contributed by atoms with Gasteiger partial charge in [-0.2, -0.15) is 0 Å². The summed E-state index contributed by atoms with van der Waals surface area (Å²) in [6, 6.07) is 11.6. The van der Waals surface area contributed by atoms with Crippen molar-refractivity contribution in [2.45, 2.75) is 39.7 Å². The number of likely N-dealkylation sites (tertiary alicyclic amines) is 1. The van der Waals surface area contributed by atoms with Gasteiger partial charge in [0.05, 0.1) is 6.54 Å². The maximum absolute atomic E-state index is 12.6. The molecule has 1 fully saturated rings. The van der Waals surface area contributed by atoms with Crippen LogP contribution < -0.4 is 20.7 Å². The van der Waals surface area contributed by atoms with Crippen molar-refractivity contribution in [3.05, 3.63) is 53.1 Å². The second-order valence-corrected chi connectivity index (χ2v) is 8.55. The van der Waals surface area contributed by atoms with Gasteiger partial charge in [-0.1, -0.05) is 18.2 Å². The van der Waals surface area contributed by atoms with Crippen LogP contribution in [-0.4, -0.2) is 56.0 Å². The molecule has 1 aliphatic heterocycles. The largest absolute Gasteiger partial charge is 0.483 e. The second-order valence-electron chi connectivity index (χ2n) is 8.55. The summed E-state index contributed by atoms with van der Waals surface area (Å²) in [5, 5.41) is 3.06. The van der Waals surface area contributed by atoms with E-state index in [1.807, 2.05) is 57.2 Å². The normalized spacial score (nSPS) is 14.8. The molecule has 0 aliphatic carbocycles. The average Bonchev–Trinajstić information content (AvgIpc) is 2.80. The number of carbonyl (C=O) groups is 2. The molecule has 0 aromatic heterocycles. The van der Waals surface area contributed by atoms with Crippen LogP contribution in [0.5, 0.6) is 5.75 Å². The molecule has 3 rings (SSSR count). The van der Waals surface area contributed by atoms with Gasteiger partial charge >= 0.3 is 0 Å². The van der Waals surface area contributed by atoms with Crippen molar-refractivity contribution in [1.29, 1.82) is 0 Å². The number of benzene rings is 2. The molecule has 0 spiro atoms. The zero-order valence-corrected chi connectivity index (χ0v) is 19.5. The van der Waals surface area contributed by atoms with Gasteiger partial charge in [0.2, 0.25) is 5.91 Å². The Morgan fingerprint density at radius 1 is 1.12 bits per heavy atom. The third kappa shape index (κ3) is 5.79. The van der Waals surface area contributed by atoms with Crippen molar-refractivity contribution in [3.8, 4) is 5.75 Å². The van der Waals surface area contributed by atoms with E-state index in [1.165, 1.54) is 0 Å². The van der Waals surface area contributed by atoms with Gasteiger partial charge in [-0.15, -0.1) is 0 Å². The molecular formula is C25H34N4O3. The molecule has 0 bridgehead atoms. The van der Waals surface area contributed by atoms with Crippen LogP contribution in [0.4, 0.5) is 11.4 Å². The number of nitrogens with two attached hydrogens (primary N) is 1. The molecule has 1 heterocycles. The molecule has 172 valence electrons. The summed E-state index contributed by atoms with van der Waals surface area (Å²) in [6.07, 6.45) is 1.63. The third-order valence-corrected chi connectivity index (χ3v) is 6.30. The molecule has 0 unspecified atom stereocenters. The number of carbonyl (C=O) groups excluding carboxylic acids is 2. The van der Waals surface area contributed by atoms with E-state index in [9.17, 15) is 9.59 Å². The monoisotopic (exact) mass is 438 g/mol. The molecule has 7 heteroatoms. The first-order chi connectivity index (χ1) is 15.3. The molecule has 2 aromatic rings. The maximum atomic E-state index is 12.6. The van der Waals surface area contributed by atoms with Crippen molar-refractivity contribution in [3.63, 3.8) is 0 Å². The standard InChI is InChI=1S/C25H34N4O3/c1-17-14-22(18(2)19(3)25(17)26)32-16-23(30)27-20-10-12-29(13-11-20)15-24(31)28(4)21-8-6-5-7-9-21/h5-9,14,20H,10-13,15-16,26H2,1-4H3,(H,27,30). The Labute approximate surface area is 190 Å². The Morgan fingerprint density at radius 2 is 1.78 bits per heavy atom. The third-order valence-electron chi connectivity index (χ3n) is 6.30. The summed E-state index contributed by atoms with van der Waals surface area (Å²) in [4.78, 5) is 28.8. The van der Waals surface area contributed by atoms with Gasteiger partial charge in [-0.3, -0.25) is 14.5 Å². The van der Waals surface area contributed by atoms with Crippen molar-refractivity contribution in [1.82, 2.24) is 10.2 Å². The number of amides is 2. The summed E-state index contributed by atoms with van der Waals surface area (Å²) >= 11 is 0. The molecule has 1 aliphatic rings. The second kappa shape index (κ2) is 10.5. The lowest BCUT2D eigenvalue weighted by molar-refractivity contribution is -0.124. The van der Waals surface area contributed by atoms with Crippen LogP contribution in [0.2, 0.25) is 0 Å². The summed E-state index contributed by atoms with van der Waals surface area (Å²) in [6.45, 7) is 7.75. The molecule has 1 saturated heterocycles. The minimum Gasteiger partial charge on any atom is -0.483 e. The number of nitrogens with one attached hydrogen (secondary N) is 1. The fourth-order valence-electron chi connectivity index (χ4n) is 3.96. The number of nitrogens with zero attached hydrogens (tertiary/aromatic N) is 2. The summed E-state index contributed by atoms with van der Waals surface area (Å²) in [5.74, 6) is 0.631. The number of nitrogen functional groups attached to an aromatic ring is 1. The van der Waals surface area contributed by atoms with E-state index in [0.717, 1.165) is 54.0 Å². The van der Waals surface area contributed by atoms with Gasteiger partial charge in [0.15, 0.2) is 6.61 Å². The highest BCUT2D eigenvalue weighted by Crippen LogP contribution is 2.29. The molecule has 2 amide bonds. The molecule has 0 radical (unpaired) electrons. The Morgan fingerprint density at radius 3 is 2.44 bits per heavy atom. The smallest absolute Gasteiger partial charge is 0.258 e. The summed E-state index contributed by atoms with van der Waals surface area (Å²) < 4.78 is 5.77. The highest BCUT2D eigenvalue weighted by atomic mass is 16.5. The van der Waals surface area contributed by atoms with E-state index in [4.69, 9.17) is 10.5 Å². The van der Waals surface area contributed by atoms with Crippen LogP contribution in [0.25, 0.3) is 0 Å². The number of aryl methyl sites for hydroxylation is 1. The zero-order chi connectivity index (χ0) is 23.3. The number of anilines is 2. The number of likely N-dealkylation sites (N-methyl/N-ethyl adjacent to an activating group) is 1. The summed E-state index contributed by atoms with van der Waals surface area (Å²) in [7, 11) is 1.80. The lowest BCUT2D eigenvalue weighted by atomic mass is 10.0. The fraction of sp³-hybridized carbons (Fsp3) is 0.440. The van der Waals surface area contributed by atoms with Crippen LogP contribution in [0.3, 0.4) is 0 Å². The van der Waals surface area contributed by atoms with Gasteiger partial charge in [0.1, 0.15) is 5.75 Å². The van der Waals surface area contributed by atoms with Crippen molar-refractivity contribution >= 4 is 23.2 Å². The first-order valence-corrected chi connectivity index (χ1v) is 11.1. The van der Waals surface area contributed by atoms with Crippen LogP contribution in [0, 0.1) is 20.8 Å². The van der Waals surface area contributed by atoms with Crippen LogP contribution in [0.15, 0.2) is 36.4 Å². The first-order valence-electron chi connectivity index (χ1n) is 11.1. The fourth-order valence-corrected chi connectivity index (χ4v) is 3.96. The molecule has 3 N–H and O–H groups in total. The molecular weight excluding hydrogens is 404 g/mol. The van der Waals surface area contributed by atoms with E-state index in [-0.39, 0.29) is 24.5 Å². The molecule has 32 heavy (non-hydrogen) atoms. The number of rotatable bonds is 7. The highest BCUT2D eigenvalue weighted by Gasteiger charge is 2.23. The SMILES string of the molecule is Cc1cc(OCC(=O)NC2CCN(CC(=O)N(C)c3ccccc3)CC2)c(C)c(C)c1N. The maximum Gasteiger partial charge on any atom is 0.258 e. The Kier molecular flexibility index (Phi) is 7.75. The minimum atomic E-state index is -0.130. The number of hydrogen-bond acceptors (Lipinski definition) is 5. The predicted molar refractivity (Wildman–Crippen MR) is 128 cm³/mol. The van der Waals surface area contributed by atoms with Gasteiger partial charge in [-0.25, -0.2) is 0 Å². The lowest BCUT2D eigenvalue weighted by Gasteiger charge is -2.32. The van der Waals surface area contributed by atoms with E-state index in [0.29, 0.717) is 12.3 Å². The molecule has 7 nitrogen and oxygen atoms in total. The Balaban J connectivity index is 1.42. The van der Waals surface area contributed by atoms with Gasteiger partial charge in [0, 0.05) is 37.6 Å². The van der Waals surface area contributed by atoms with Crippen LogP contribution >= 0.6 is 0 Å². The van der Waals surface area contributed by atoms with Gasteiger partial charge in [-0.05, 0) is 68.5 Å². The van der Waals surface area contributed by atoms with Crippen LogP contribution in [-0.2, 0) is 9.59 Å². The van der Waals surface area contributed by atoms with E-state index < -0.39 is 0 Å². The Bertz CT molecular complexity index is 953. The first kappa shape index (κ1) is 23.6. The minimum absolute atomic E-state index is 0.0236. The molecule has 0 saturated carbocycles. The van der Waals surface area contributed by atoms with Gasteiger partial charge in [0.25, 0.3) is 5.91 Å². The molecule has 0 atom stereocenters. The average molecular weight is 439 g/mol. The highest BCUT2D eigenvalue weighted by molar-refractivity contribution is 5.94. The van der Waals surface area contributed by atoms with Crippen molar-refractivity contribution < 1.29 is 14.3 Å². The topological polar surface area (TPSA) is 87.9 Å². The van der Waals surface area contributed by atoms with Crippen LogP contribution in [0.1, 0.15) is 29.5 Å². The lowest BCUT2D eigenvalue weighted by Crippen LogP contribution is -2.48. The Hall–Kier alpha value is -3.06. The van der Waals surface area contributed by atoms with E-state index in [1.54, 1.807) is 11.9 Å². The van der Waals surface area contributed by atoms with Crippen molar-refractivity contribution in [2.75, 3.05) is 43.9 Å². The zero-order valence-electron chi connectivity index (χ0n) is 19.5. The predicted octanol–water partition coefficient (Wildman–Crippen LogP) is 2.82. The summed E-state index contributed by atoms with van der Waals surface area (Å²) in [5.41, 5.74) is 10.6. The molecule has 2 aromatic carbocycles. The van der Waals surface area contributed by atoms with E-state index >= 15 is 0 Å². The van der Waals surface area contributed by atoms with E-state index in [2.05, 4.69) is 10.2 Å². The van der Waals surface area contributed by atoms with Crippen molar-refractivity contribution in [2.24, 2.45) is 0 Å². The van der Waals surface area contributed by atoms with Gasteiger partial charge < -0.3 is 20.7 Å². The number of piperidine rings is 1. The number of hydrogen-bond donors (Lipinski definition) is 2. The number of para-hydroxylation sites is 1. The number of ether oxygens (including phenoxy) is 1.